The number of hydrogen-bond acceptors (Lipinski definition) is 2. The topological polar surface area (TPSA) is 58.2 Å². The Hall–Kier alpha value is -1.55. The summed E-state index contributed by atoms with van der Waals surface area (Å²) < 4.78 is 0. The van der Waals surface area contributed by atoms with Gasteiger partial charge in [-0.1, -0.05) is 31.5 Å². The molecule has 1 aromatic carbocycles. The molecule has 0 aliphatic heterocycles. The molecule has 1 atom stereocenters. The molecule has 98 valence electrons. The molecule has 0 heterocycles. The molecule has 0 radical (unpaired) electrons. The zero-order valence-corrected chi connectivity index (χ0v) is 11.4. The van der Waals surface area contributed by atoms with Crippen LogP contribution in [0, 0.1) is 5.92 Å². The Balaban J connectivity index is 2.75. The number of benzene rings is 1. The maximum atomic E-state index is 12.0. The minimum Gasteiger partial charge on any atom is -0.344 e. The quantitative estimate of drug-likeness (QED) is 0.881. The van der Waals surface area contributed by atoms with Crippen LogP contribution >= 0.6 is 11.6 Å². The molecular weight excluding hydrogens is 252 g/mol. The van der Waals surface area contributed by atoms with Crippen molar-refractivity contribution < 1.29 is 9.59 Å². The van der Waals surface area contributed by atoms with E-state index in [4.69, 9.17) is 11.6 Å². The molecule has 0 fully saturated rings. The molecule has 0 aliphatic carbocycles. The molecule has 5 heteroatoms. The first-order chi connectivity index (χ1) is 8.40. The molecule has 0 saturated heterocycles. The third-order valence-electron chi connectivity index (χ3n) is 2.40. The van der Waals surface area contributed by atoms with Crippen molar-refractivity contribution >= 4 is 29.1 Å². The molecule has 0 spiro atoms. The van der Waals surface area contributed by atoms with Crippen LogP contribution in [0.25, 0.3) is 0 Å². The third-order valence-corrected chi connectivity index (χ3v) is 2.64. The zero-order valence-electron chi connectivity index (χ0n) is 10.7. The molecule has 0 aliphatic rings. The molecule has 1 rings (SSSR count). The van der Waals surface area contributed by atoms with Gasteiger partial charge in [0.2, 0.25) is 11.8 Å². The molecule has 2 amide bonds. The van der Waals surface area contributed by atoms with Crippen LogP contribution in [-0.4, -0.2) is 17.9 Å². The predicted octanol–water partition coefficient (Wildman–Crippen LogP) is 2.44. The van der Waals surface area contributed by atoms with Crippen LogP contribution in [0.1, 0.15) is 20.8 Å². The van der Waals surface area contributed by atoms with Gasteiger partial charge in [0, 0.05) is 17.6 Å². The summed E-state index contributed by atoms with van der Waals surface area (Å²) in [5.41, 5.74) is 0.614. The fraction of sp³-hybridized carbons (Fsp3) is 0.385. The summed E-state index contributed by atoms with van der Waals surface area (Å²) in [6.45, 7) is 5.14. The maximum absolute atomic E-state index is 12.0. The monoisotopic (exact) mass is 268 g/mol. The van der Waals surface area contributed by atoms with E-state index >= 15 is 0 Å². The van der Waals surface area contributed by atoms with E-state index in [1.54, 1.807) is 24.3 Å². The van der Waals surface area contributed by atoms with Gasteiger partial charge in [0.15, 0.2) is 0 Å². The summed E-state index contributed by atoms with van der Waals surface area (Å²) in [6, 6.07) is 6.33. The smallest absolute Gasteiger partial charge is 0.247 e. The molecule has 0 aromatic heterocycles. The van der Waals surface area contributed by atoms with Gasteiger partial charge in [-0.05, 0) is 24.1 Å². The minimum atomic E-state index is -0.554. The number of rotatable bonds is 4. The Bertz CT molecular complexity index is 446. The van der Waals surface area contributed by atoms with Gasteiger partial charge in [-0.25, -0.2) is 0 Å². The third kappa shape index (κ3) is 4.37. The van der Waals surface area contributed by atoms with E-state index in [-0.39, 0.29) is 17.7 Å². The minimum absolute atomic E-state index is 0.00749. The largest absolute Gasteiger partial charge is 0.344 e. The van der Waals surface area contributed by atoms with E-state index in [0.717, 1.165) is 0 Å². The molecule has 1 unspecified atom stereocenters. The predicted molar refractivity (Wildman–Crippen MR) is 72.5 cm³/mol. The maximum Gasteiger partial charge on any atom is 0.247 e. The highest BCUT2D eigenvalue weighted by Crippen LogP contribution is 2.15. The second kappa shape index (κ2) is 6.40. The SMILES string of the molecule is CC(=O)NC(C(=O)Nc1cccc(Cl)c1)C(C)C. The summed E-state index contributed by atoms with van der Waals surface area (Å²) in [6.07, 6.45) is 0. The van der Waals surface area contributed by atoms with Crippen LogP contribution in [0.5, 0.6) is 0 Å². The van der Waals surface area contributed by atoms with Crippen LogP contribution in [0.4, 0.5) is 5.69 Å². The molecular formula is C13H17ClN2O2. The Morgan fingerprint density at radius 3 is 2.44 bits per heavy atom. The van der Waals surface area contributed by atoms with E-state index in [1.807, 2.05) is 13.8 Å². The molecule has 0 bridgehead atoms. The number of hydrogen-bond donors (Lipinski definition) is 2. The van der Waals surface area contributed by atoms with E-state index in [9.17, 15) is 9.59 Å². The molecule has 0 saturated carbocycles. The molecule has 2 N–H and O–H groups in total. The van der Waals surface area contributed by atoms with E-state index < -0.39 is 6.04 Å². The summed E-state index contributed by atoms with van der Waals surface area (Å²) >= 11 is 5.83. The second-order valence-electron chi connectivity index (χ2n) is 4.42. The Morgan fingerprint density at radius 1 is 1.28 bits per heavy atom. The lowest BCUT2D eigenvalue weighted by Crippen LogP contribution is -2.46. The Labute approximate surface area is 112 Å². The molecule has 18 heavy (non-hydrogen) atoms. The highest BCUT2D eigenvalue weighted by atomic mass is 35.5. The van der Waals surface area contributed by atoms with E-state index in [0.29, 0.717) is 10.7 Å². The summed E-state index contributed by atoms with van der Waals surface area (Å²) in [5, 5.41) is 5.91. The van der Waals surface area contributed by atoms with Crippen LogP contribution < -0.4 is 10.6 Å². The molecule has 1 aromatic rings. The van der Waals surface area contributed by atoms with Crippen molar-refractivity contribution in [2.24, 2.45) is 5.92 Å². The lowest BCUT2D eigenvalue weighted by atomic mass is 10.0. The van der Waals surface area contributed by atoms with Gasteiger partial charge in [-0.2, -0.15) is 0 Å². The lowest BCUT2D eigenvalue weighted by molar-refractivity contribution is -0.126. The first-order valence-electron chi connectivity index (χ1n) is 5.73. The fourth-order valence-electron chi connectivity index (χ4n) is 1.54. The van der Waals surface area contributed by atoms with Gasteiger partial charge in [0.05, 0.1) is 0 Å². The average molecular weight is 269 g/mol. The van der Waals surface area contributed by atoms with Crippen molar-refractivity contribution in [3.05, 3.63) is 29.3 Å². The summed E-state index contributed by atoms with van der Waals surface area (Å²) in [7, 11) is 0. The van der Waals surface area contributed by atoms with Gasteiger partial charge in [-0.15, -0.1) is 0 Å². The zero-order chi connectivity index (χ0) is 13.7. The van der Waals surface area contributed by atoms with Gasteiger partial charge >= 0.3 is 0 Å². The van der Waals surface area contributed by atoms with Crippen LogP contribution in [0.3, 0.4) is 0 Å². The molecule has 4 nitrogen and oxygen atoms in total. The van der Waals surface area contributed by atoms with Gasteiger partial charge in [0.1, 0.15) is 6.04 Å². The average Bonchev–Trinajstić information content (AvgIpc) is 2.25. The van der Waals surface area contributed by atoms with Crippen molar-refractivity contribution in [3.8, 4) is 0 Å². The van der Waals surface area contributed by atoms with Crippen LogP contribution in [0.2, 0.25) is 5.02 Å². The Kier molecular flexibility index (Phi) is 5.16. The highest BCUT2D eigenvalue weighted by Gasteiger charge is 2.22. The standard InChI is InChI=1S/C13H17ClN2O2/c1-8(2)12(15-9(3)17)13(18)16-11-6-4-5-10(14)7-11/h4-8,12H,1-3H3,(H,15,17)(H,16,18). The van der Waals surface area contributed by atoms with Crippen molar-refractivity contribution in [2.75, 3.05) is 5.32 Å². The lowest BCUT2D eigenvalue weighted by Gasteiger charge is -2.20. The van der Waals surface area contributed by atoms with Gasteiger partial charge in [0.25, 0.3) is 0 Å². The first-order valence-corrected chi connectivity index (χ1v) is 6.11. The van der Waals surface area contributed by atoms with Crippen molar-refractivity contribution in [2.45, 2.75) is 26.8 Å². The fourth-order valence-corrected chi connectivity index (χ4v) is 1.73. The van der Waals surface area contributed by atoms with E-state index in [2.05, 4.69) is 10.6 Å². The van der Waals surface area contributed by atoms with Crippen molar-refractivity contribution in [3.63, 3.8) is 0 Å². The number of anilines is 1. The van der Waals surface area contributed by atoms with Crippen LogP contribution in [-0.2, 0) is 9.59 Å². The number of carbonyl (C=O) groups excluding carboxylic acids is 2. The van der Waals surface area contributed by atoms with Crippen molar-refractivity contribution in [1.82, 2.24) is 5.32 Å². The number of amides is 2. The summed E-state index contributed by atoms with van der Waals surface area (Å²) in [4.78, 5) is 23.1. The number of nitrogens with one attached hydrogen (secondary N) is 2. The van der Waals surface area contributed by atoms with Crippen molar-refractivity contribution in [1.29, 1.82) is 0 Å². The summed E-state index contributed by atoms with van der Waals surface area (Å²) in [5.74, 6) is -0.467. The van der Waals surface area contributed by atoms with E-state index in [1.165, 1.54) is 6.92 Å². The Morgan fingerprint density at radius 2 is 1.94 bits per heavy atom. The van der Waals surface area contributed by atoms with Gasteiger partial charge in [-0.3, -0.25) is 9.59 Å². The highest BCUT2D eigenvalue weighted by molar-refractivity contribution is 6.30. The second-order valence-corrected chi connectivity index (χ2v) is 4.86. The van der Waals surface area contributed by atoms with Crippen LogP contribution in [0.15, 0.2) is 24.3 Å². The number of halogens is 1. The first kappa shape index (κ1) is 14.5. The number of carbonyl (C=O) groups is 2. The normalized spacial score (nSPS) is 12.1. The van der Waals surface area contributed by atoms with Gasteiger partial charge < -0.3 is 10.6 Å².